The Morgan fingerprint density at radius 2 is 1.75 bits per heavy atom. The fourth-order valence-corrected chi connectivity index (χ4v) is 2.77. The first-order valence-electron chi connectivity index (χ1n) is 8.31. The highest BCUT2D eigenvalue weighted by Gasteiger charge is 2.17. The van der Waals surface area contributed by atoms with E-state index in [-0.39, 0.29) is 0 Å². The van der Waals surface area contributed by atoms with Crippen molar-refractivity contribution in [1.82, 2.24) is 0 Å². The maximum Gasteiger partial charge on any atom is 0.337 e. The van der Waals surface area contributed by atoms with Gasteiger partial charge in [-0.2, -0.15) is 0 Å². The minimum atomic E-state index is -3.36. The van der Waals surface area contributed by atoms with Gasteiger partial charge in [-0.15, -0.1) is 0 Å². The van der Waals surface area contributed by atoms with Crippen molar-refractivity contribution in [1.29, 1.82) is 0 Å². The van der Waals surface area contributed by atoms with Gasteiger partial charge >= 0.3 is 5.97 Å². The molecule has 0 aliphatic heterocycles. The largest absolute Gasteiger partial charge is 0.481 e. The van der Waals surface area contributed by atoms with Crippen molar-refractivity contribution in [2.75, 3.05) is 30.0 Å². The fourth-order valence-electron chi connectivity index (χ4n) is 2.27. The van der Waals surface area contributed by atoms with E-state index in [1.165, 1.54) is 20.2 Å². The van der Waals surface area contributed by atoms with Gasteiger partial charge < -0.3 is 14.8 Å². The van der Waals surface area contributed by atoms with E-state index in [0.29, 0.717) is 22.7 Å². The van der Waals surface area contributed by atoms with Gasteiger partial charge in [-0.1, -0.05) is 6.07 Å². The number of benzene rings is 2. The van der Waals surface area contributed by atoms with Gasteiger partial charge in [0.15, 0.2) is 6.10 Å². The molecule has 0 saturated heterocycles. The number of nitrogens with one attached hydrogen (secondary N) is 1. The predicted molar refractivity (Wildman–Crippen MR) is 106 cm³/mol. The topological polar surface area (TPSA) is 102 Å². The normalized spacial score (nSPS) is 12.0. The van der Waals surface area contributed by atoms with Crippen molar-refractivity contribution in [2.45, 2.75) is 13.0 Å². The van der Waals surface area contributed by atoms with Crippen LogP contribution in [-0.2, 0) is 19.6 Å². The number of hydrogen-bond donors (Lipinski definition) is 1. The molecule has 8 nitrogen and oxygen atoms in total. The summed E-state index contributed by atoms with van der Waals surface area (Å²) in [6, 6.07) is 12.7. The fraction of sp³-hybridized carbons (Fsp3) is 0.263. The molecule has 2 aromatic rings. The molecule has 2 rings (SSSR count). The van der Waals surface area contributed by atoms with Crippen LogP contribution in [0, 0.1) is 0 Å². The van der Waals surface area contributed by atoms with E-state index in [4.69, 9.17) is 4.74 Å². The summed E-state index contributed by atoms with van der Waals surface area (Å²) in [5.74, 6) is -0.490. The lowest BCUT2D eigenvalue weighted by molar-refractivity contribution is -0.122. The molecule has 0 heterocycles. The molecule has 0 bridgehead atoms. The van der Waals surface area contributed by atoms with E-state index in [0.717, 1.165) is 10.6 Å². The molecule has 0 aromatic heterocycles. The van der Waals surface area contributed by atoms with Crippen molar-refractivity contribution in [3.05, 3.63) is 54.1 Å². The van der Waals surface area contributed by atoms with E-state index < -0.39 is 28.0 Å². The number of hydrogen-bond acceptors (Lipinski definition) is 6. The second kappa shape index (κ2) is 8.75. The van der Waals surface area contributed by atoms with Crippen molar-refractivity contribution in [2.24, 2.45) is 0 Å². The van der Waals surface area contributed by atoms with Crippen LogP contribution in [0.5, 0.6) is 5.75 Å². The first kappa shape index (κ1) is 21.2. The molecule has 0 saturated carbocycles. The lowest BCUT2D eigenvalue weighted by atomic mass is 10.2. The summed E-state index contributed by atoms with van der Waals surface area (Å²) in [6.45, 7) is 1.58. The van der Waals surface area contributed by atoms with Crippen molar-refractivity contribution in [3.8, 4) is 5.75 Å². The van der Waals surface area contributed by atoms with Gasteiger partial charge in [-0.25, -0.2) is 13.2 Å². The maximum absolute atomic E-state index is 12.3. The Balaban J connectivity index is 2.02. The molecule has 1 unspecified atom stereocenters. The van der Waals surface area contributed by atoms with Crippen molar-refractivity contribution >= 4 is 33.3 Å². The van der Waals surface area contributed by atoms with Gasteiger partial charge in [0.2, 0.25) is 10.0 Å². The third-order valence-corrected chi connectivity index (χ3v) is 5.14. The van der Waals surface area contributed by atoms with E-state index in [2.05, 4.69) is 10.1 Å². The van der Waals surface area contributed by atoms with Crippen LogP contribution in [0.1, 0.15) is 17.3 Å². The third kappa shape index (κ3) is 5.46. The molecule has 0 aliphatic rings. The highest BCUT2D eigenvalue weighted by Crippen LogP contribution is 2.21. The highest BCUT2D eigenvalue weighted by atomic mass is 32.2. The average molecular weight is 406 g/mol. The molecule has 0 spiro atoms. The summed E-state index contributed by atoms with van der Waals surface area (Å²) < 4.78 is 34.5. The number of sulfonamides is 1. The summed E-state index contributed by atoms with van der Waals surface area (Å²) in [5.41, 5.74) is 1.24. The number of ether oxygens (including phenoxy) is 2. The van der Waals surface area contributed by atoms with Crippen LogP contribution in [0.15, 0.2) is 48.5 Å². The molecule has 1 atom stereocenters. The quantitative estimate of drug-likeness (QED) is 0.708. The number of rotatable bonds is 7. The summed E-state index contributed by atoms with van der Waals surface area (Å²) in [6.07, 6.45) is 0.291. The molecule has 1 N–H and O–H groups in total. The highest BCUT2D eigenvalue weighted by molar-refractivity contribution is 7.92. The molecular formula is C19H22N2O6S. The zero-order valence-corrected chi connectivity index (χ0v) is 16.8. The molecular weight excluding hydrogens is 384 g/mol. The van der Waals surface area contributed by atoms with Gasteiger partial charge in [0.05, 0.1) is 24.6 Å². The van der Waals surface area contributed by atoms with Crippen LogP contribution in [0.2, 0.25) is 0 Å². The summed E-state index contributed by atoms with van der Waals surface area (Å²) in [7, 11) is -0.628. The SMILES string of the molecule is COC(=O)c1cccc(NC(=O)C(C)Oc2ccc(N(C)S(C)(=O)=O)cc2)c1. The van der Waals surface area contributed by atoms with Gasteiger partial charge in [-0.05, 0) is 49.4 Å². The van der Waals surface area contributed by atoms with Crippen LogP contribution in [0.3, 0.4) is 0 Å². The molecule has 9 heteroatoms. The van der Waals surface area contributed by atoms with Crippen LogP contribution < -0.4 is 14.4 Å². The lowest BCUT2D eigenvalue weighted by Crippen LogP contribution is -2.30. The number of esters is 1. The standard InChI is InChI=1S/C19H22N2O6S/c1-13(18(22)20-15-7-5-6-14(12-15)19(23)26-3)27-17-10-8-16(9-11-17)21(2)28(4,24)25/h5-13H,1-4H3,(H,20,22). The Bertz CT molecular complexity index is 957. The maximum atomic E-state index is 12.3. The zero-order valence-electron chi connectivity index (χ0n) is 16.0. The minimum absolute atomic E-state index is 0.319. The number of methoxy groups -OCH3 is 1. The molecule has 1 amide bonds. The predicted octanol–water partition coefficient (Wildman–Crippen LogP) is 2.28. The van der Waals surface area contributed by atoms with Crippen molar-refractivity contribution in [3.63, 3.8) is 0 Å². The lowest BCUT2D eigenvalue weighted by Gasteiger charge is -2.18. The molecule has 150 valence electrons. The van der Waals surface area contributed by atoms with Crippen LogP contribution >= 0.6 is 0 Å². The third-order valence-electron chi connectivity index (χ3n) is 3.93. The number of amides is 1. The summed E-state index contributed by atoms with van der Waals surface area (Å²) in [4.78, 5) is 23.9. The van der Waals surface area contributed by atoms with E-state index in [1.54, 1.807) is 49.4 Å². The van der Waals surface area contributed by atoms with Gasteiger partial charge in [0.1, 0.15) is 5.75 Å². The molecule has 28 heavy (non-hydrogen) atoms. The summed E-state index contributed by atoms with van der Waals surface area (Å²) >= 11 is 0. The zero-order chi connectivity index (χ0) is 20.9. The van der Waals surface area contributed by atoms with Gasteiger partial charge in [0, 0.05) is 12.7 Å². The summed E-state index contributed by atoms with van der Waals surface area (Å²) in [5, 5.41) is 2.67. The smallest absolute Gasteiger partial charge is 0.337 e. The first-order valence-corrected chi connectivity index (χ1v) is 10.2. The average Bonchev–Trinajstić information content (AvgIpc) is 2.66. The Hall–Kier alpha value is -3.07. The van der Waals surface area contributed by atoms with Gasteiger partial charge in [-0.3, -0.25) is 9.10 Å². The molecule has 0 fully saturated rings. The van der Waals surface area contributed by atoms with E-state index in [9.17, 15) is 18.0 Å². The molecule has 0 aliphatic carbocycles. The number of nitrogens with zero attached hydrogens (tertiary/aromatic N) is 1. The molecule has 2 aromatic carbocycles. The minimum Gasteiger partial charge on any atom is -0.481 e. The van der Waals surface area contributed by atoms with Crippen LogP contribution in [0.25, 0.3) is 0 Å². The number of carbonyl (C=O) groups is 2. The second-order valence-corrected chi connectivity index (χ2v) is 8.06. The Labute approximate surface area is 164 Å². The van der Waals surface area contributed by atoms with E-state index in [1.807, 2.05) is 0 Å². The van der Waals surface area contributed by atoms with Gasteiger partial charge in [0.25, 0.3) is 5.91 Å². The van der Waals surface area contributed by atoms with Crippen molar-refractivity contribution < 1.29 is 27.5 Å². The number of anilines is 2. The first-order chi connectivity index (χ1) is 13.1. The Kier molecular flexibility index (Phi) is 6.63. The monoisotopic (exact) mass is 406 g/mol. The van der Waals surface area contributed by atoms with Crippen LogP contribution in [0.4, 0.5) is 11.4 Å². The van der Waals surface area contributed by atoms with Crippen LogP contribution in [-0.4, -0.2) is 46.8 Å². The number of carbonyl (C=O) groups excluding carboxylic acids is 2. The second-order valence-electron chi connectivity index (χ2n) is 6.05. The Morgan fingerprint density at radius 1 is 1.11 bits per heavy atom. The molecule has 0 radical (unpaired) electrons. The Morgan fingerprint density at radius 3 is 2.32 bits per heavy atom. The van der Waals surface area contributed by atoms with E-state index >= 15 is 0 Å².